The van der Waals surface area contributed by atoms with Gasteiger partial charge in [0.1, 0.15) is 0 Å². The molecule has 2 aromatic rings. The van der Waals surface area contributed by atoms with Crippen molar-refractivity contribution in [3.05, 3.63) is 47.8 Å². The molecule has 3 N–H and O–H groups in total. The summed E-state index contributed by atoms with van der Waals surface area (Å²) in [5, 5.41) is 3.26. The summed E-state index contributed by atoms with van der Waals surface area (Å²) in [6.45, 7) is 3.86. The van der Waals surface area contributed by atoms with Crippen LogP contribution in [0.25, 0.3) is 0 Å². The first-order valence-electron chi connectivity index (χ1n) is 5.13. The van der Waals surface area contributed by atoms with Crippen LogP contribution in [0.5, 0.6) is 0 Å². The Bertz CT molecular complexity index is 492. The molecule has 1 aromatic heterocycles. The van der Waals surface area contributed by atoms with Crippen molar-refractivity contribution in [3.63, 3.8) is 0 Å². The van der Waals surface area contributed by atoms with E-state index in [1.165, 1.54) is 0 Å². The standard InChI is InChI=1S/C13H14N3/c1-9-8-12(13(14)10(2)15-9)16-11-6-4-3-5-7-11/h3-4,6-8H,14H2,1-2H3,(H,15,16). The smallest absolute Gasteiger partial charge is 0.0769 e. The third-order valence-electron chi connectivity index (χ3n) is 2.36. The molecule has 0 atom stereocenters. The summed E-state index contributed by atoms with van der Waals surface area (Å²) in [6, 6.07) is 12.6. The Balaban J connectivity index is 2.35. The fourth-order valence-electron chi connectivity index (χ4n) is 1.57. The molecule has 0 amide bonds. The van der Waals surface area contributed by atoms with Crippen molar-refractivity contribution in [1.29, 1.82) is 0 Å². The molecular formula is C13H14N3. The minimum absolute atomic E-state index is 0.689. The summed E-state index contributed by atoms with van der Waals surface area (Å²) in [6.07, 6.45) is 0. The van der Waals surface area contributed by atoms with Gasteiger partial charge in [0.2, 0.25) is 0 Å². The molecule has 0 saturated carbocycles. The van der Waals surface area contributed by atoms with Gasteiger partial charge < -0.3 is 11.1 Å². The first-order valence-corrected chi connectivity index (χ1v) is 5.13. The number of nitrogens with two attached hydrogens (primary N) is 1. The Morgan fingerprint density at radius 1 is 1.38 bits per heavy atom. The second kappa shape index (κ2) is 4.23. The fourth-order valence-corrected chi connectivity index (χ4v) is 1.57. The maximum absolute atomic E-state index is 5.96. The highest BCUT2D eigenvalue weighted by Gasteiger charge is 2.04. The highest BCUT2D eigenvalue weighted by molar-refractivity contribution is 5.74. The first-order chi connectivity index (χ1) is 7.66. The molecule has 0 unspecified atom stereocenters. The zero-order valence-corrected chi connectivity index (χ0v) is 9.41. The topological polar surface area (TPSA) is 50.9 Å². The van der Waals surface area contributed by atoms with Crippen LogP contribution >= 0.6 is 0 Å². The molecule has 0 spiro atoms. The van der Waals surface area contributed by atoms with Crippen molar-refractivity contribution < 1.29 is 0 Å². The molecule has 3 nitrogen and oxygen atoms in total. The number of nitrogens with zero attached hydrogens (tertiary/aromatic N) is 1. The molecule has 1 radical (unpaired) electrons. The van der Waals surface area contributed by atoms with E-state index in [2.05, 4.69) is 16.4 Å². The normalized spacial score (nSPS) is 10.1. The van der Waals surface area contributed by atoms with Crippen LogP contribution in [0.1, 0.15) is 11.4 Å². The minimum atomic E-state index is 0.689. The van der Waals surface area contributed by atoms with Gasteiger partial charge in [-0.1, -0.05) is 12.1 Å². The third-order valence-corrected chi connectivity index (χ3v) is 2.36. The number of aryl methyl sites for hydroxylation is 2. The molecule has 0 aliphatic rings. The number of rotatable bonds is 2. The van der Waals surface area contributed by atoms with E-state index in [0.717, 1.165) is 22.8 Å². The highest BCUT2D eigenvalue weighted by atomic mass is 14.9. The van der Waals surface area contributed by atoms with Crippen LogP contribution < -0.4 is 11.1 Å². The molecule has 0 aliphatic heterocycles. The van der Waals surface area contributed by atoms with Gasteiger partial charge in [-0.2, -0.15) is 0 Å². The lowest BCUT2D eigenvalue weighted by molar-refractivity contribution is 1.13. The van der Waals surface area contributed by atoms with E-state index in [4.69, 9.17) is 5.73 Å². The van der Waals surface area contributed by atoms with E-state index in [0.29, 0.717) is 5.69 Å². The van der Waals surface area contributed by atoms with Crippen LogP contribution in [0.3, 0.4) is 0 Å². The molecule has 0 aliphatic carbocycles. The predicted octanol–water partition coefficient (Wildman–Crippen LogP) is 2.82. The number of nitrogens with one attached hydrogen (secondary N) is 1. The number of pyridine rings is 1. The molecule has 1 heterocycles. The van der Waals surface area contributed by atoms with Gasteiger partial charge in [0.15, 0.2) is 0 Å². The van der Waals surface area contributed by atoms with Crippen LogP contribution in [-0.4, -0.2) is 4.98 Å². The van der Waals surface area contributed by atoms with E-state index in [1.807, 2.05) is 44.2 Å². The summed E-state index contributed by atoms with van der Waals surface area (Å²) in [5.74, 6) is 0. The molecule has 0 bridgehead atoms. The lowest BCUT2D eigenvalue weighted by atomic mass is 10.2. The molecule has 81 valence electrons. The molecule has 1 aromatic carbocycles. The molecule has 16 heavy (non-hydrogen) atoms. The van der Waals surface area contributed by atoms with E-state index < -0.39 is 0 Å². The van der Waals surface area contributed by atoms with Gasteiger partial charge >= 0.3 is 0 Å². The van der Waals surface area contributed by atoms with Crippen molar-refractivity contribution in [1.82, 2.24) is 4.98 Å². The number of hydrogen-bond donors (Lipinski definition) is 2. The lowest BCUT2D eigenvalue weighted by Crippen LogP contribution is -2.01. The summed E-state index contributed by atoms with van der Waals surface area (Å²) in [7, 11) is 0. The summed E-state index contributed by atoms with van der Waals surface area (Å²) in [5.41, 5.74) is 10.3. The Hall–Kier alpha value is -2.03. The van der Waals surface area contributed by atoms with Gasteiger partial charge in [-0.25, -0.2) is 0 Å². The average molecular weight is 212 g/mol. The molecular weight excluding hydrogens is 198 g/mol. The number of benzene rings is 1. The van der Waals surface area contributed by atoms with Crippen LogP contribution in [0.4, 0.5) is 17.1 Å². The van der Waals surface area contributed by atoms with Gasteiger partial charge in [0.25, 0.3) is 0 Å². The monoisotopic (exact) mass is 212 g/mol. The maximum Gasteiger partial charge on any atom is 0.0769 e. The van der Waals surface area contributed by atoms with Crippen molar-refractivity contribution in [2.24, 2.45) is 0 Å². The molecule has 3 heteroatoms. The van der Waals surface area contributed by atoms with E-state index >= 15 is 0 Å². The molecule has 0 fully saturated rings. The number of aromatic nitrogens is 1. The fraction of sp³-hybridized carbons (Fsp3) is 0.154. The van der Waals surface area contributed by atoms with Crippen LogP contribution in [0.2, 0.25) is 0 Å². The van der Waals surface area contributed by atoms with Crippen LogP contribution in [0, 0.1) is 19.9 Å². The van der Waals surface area contributed by atoms with E-state index in [9.17, 15) is 0 Å². The zero-order chi connectivity index (χ0) is 11.5. The molecule has 2 rings (SSSR count). The second-order valence-electron chi connectivity index (χ2n) is 3.73. The van der Waals surface area contributed by atoms with E-state index in [1.54, 1.807) is 0 Å². The first kappa shape index (κ1) is 10.5. The van der Waals surface area contributed by atoms with Gasteiger partial charge in [-0.15, -0.1) is 0 Å². The summed E-state index contributed by atoms with van der Waals surface area (Å²) < 4.78 is 0. The largest absolute Gasteiger partial charge is 0.396 e. The molecule has 0 saturated heterocycles. The van der Waals surface area contributed by atoms with Crippen LogP contribution in [-0.2, 0) is 0 Å². The number of hydrogen-bond acceptors (Lipinski definition) is 3. The quantitative estimate of drug-likeness (QED) is 0.804. The number of anilines is 3. The van der Waals surface area contributed by atoms with Gasteiger partial charge in [-0.05, 0) is 38.1 Å². The zero-order valence-electron chi connectivity index (χ0n) is 9.41. The Morgan fingerprint density at radius 2 is 2.19 bits per heavy atom. The highest BCUT2D eigenvalue weighted by Crippen LogP contribution is 2.25. The third kappa shape index (κ3) is 2.14. The SMILES string of the molecule is Cc1cc(Nc2c[c]ccc2)c(N)c(C)n1. The van der Waals surface area contributed by atoms with Gasteiger partial charge in [-0.3, -0.25) is 4.98 Å². The second-order valence-corrected chi connectivity index (χ2v) is 3.73. The lowest BCUT2D eigenvalue weighted by Gasteiger charge is -2.11. The van der Waals surface area contributed by atoms with E-state index in [-0.39, 0.29) is 0 Å². The van der Waals surface area contributed by atoms with Crippen LogP contribution in [0.15, 0.2) is 30.3 Å². The summed E-state index contributed by atoms with van der Waals surface area (Å²) >= 11 is 0. The minimum Gasteiger partial charge on any atom is -0.396 e. The number of nitrogen functional groups attached to an aromatic ring is 1. The predicted molar refractivity (Wildman–Crippen MR) is 66.7 cm³/mol. The van der Waals surface area contributed by atoms with Crippen molar-refractivity contribution in [2.75, 3.05) is 11.1 Å². The summed E-state index contributed by atoms with van der Waals surface area (Å²) in [4.78, 5) is 4.30. The Labute approximate surface area is 95.3 Å². The maximum atomic E-state index is 5.96. The van der Waals surface area contributed by atoms with Gasteiger partial charge in [0.05, 0.1) is 17.1 Å². The Morgan fingerprint density at radius 3 is 2.88 bits per heavy atom. The van der Waals surface area contributed by atoms with Crippen molar-refractivity contribution in [3.8, 4) is 0 Å². The Kier molecular flexibility index (Phi) is 2.77. The van der Waals surface area contributed by atoms with Crippen molar-refractivity contribution in [2.45, 2.75) is 13.8 Å². The van der Waals surface area contributed by atoms with Crippen molar-refractivity contribution >= 4 is 17.1 Å². The van der Waals surface area contributed by atoms with Gasteiger partial charge in [0, 0.05) is 11.4 Å². The average Bonchev–Trinajstić information content (AvgIpc) is 2.27.